The molecule has 3 rings (SSSR count). The largest absolute Gasteiger partial charge is 0.459 e. The molecule has 0 saturated heterocycles. The molecule has 0 aliphatic heterocycles. The second-order valence-electron chi connectivity index (χ2n) is 4.97. The molecule has 5 nitrogen and oxygen atoms in total. The molecule has 0 saturated carbocycles. The van der Waals surface area contributed by atoms with Crippen LogP contribution in [0.3, 0.4) is 0 Å². The summed E-state index contributed by atoms with van der Waals surface area (Å²) in [5.41, 5.74) is 1.60. The van der Waals surface area contributed by atoms with E-state index in [1.807, 2.05) is 0 Å². The topological polar surface area (TPSA) is 71.3 Å². The maximum absolute atomic E-state index is 12.2. The zero-order valence-electron chi connectivity index (χ0n) is 12.5. The predicted molar refractivity (Wildman–Crippen MR) is 92.5 cm³/mol. The number of amides is 2. The van der Waals surface area contributed by atoms with Crippen molar-refractivity contribution in [2.45, 2.75) is 0 Å². The van der Waals surface area contributed by atoms with E-state index in [0.717, 1.165) is 0 Å². The van der Waals surface area contributed by atoms with Crippen LogP contribution in [0.4, 0.5) is 11.4 Å². The number of hydrogen-bond acceptors (Lipinski definition) is 3. The van der Waals surface area contributed by atoms with E-state index < -0.39 is 0 Å². The van der Waals surface area contributed by atoms with Gasteiger partial charge in [0.15, 0.2) is 5.76 Å². The lowest BCUT2D eigenvalue weighted by Crippen LogP contribution is -2.13. The van der Waals surface area contributed by atoms with Crippen LogP contribution in [0.15, 0.2) is 71.3 Å². The van der Waals surface area contributed by atoms with Gasteiger partial charge < -0.3 is 15.1 Å². The standard InChI is InChI=1S/C18H13ClN2O3/c19-13-8-6-12(7-9-13)17(22)20-14-3-1-4-15(11-14)21-18(23)16-5-2-10-24-16/h1-11H,(H,20,22)(H,21,23). The van der Waals surface area contributed by atoms with Crippen LogP contribution in [0.5, 0.6) is 0 Å². The van der Waals surface area contributed by atoms with Crippen LogP contribution in [0.2, 0.25) is 5.02 Å². The number of rotatable bonds is 4. The van der Waals surface area contributed by atoms with Crippen LogP contribution in [-0.2, 0) is 0 Å². The van der Waals surface area contributed by atoms with E-state index in [-0.39, 0.29) is 17.6 Å². The molecule has 0 unspecified atom stereocenters. The first-order valence-electron chi connectivity index (χ1n) is 7.14. The second kappa shape index (κ2) is 7.02. The van der Waals surface area contributed by atoms with E-state index in [4.69, 9.17) is 16.0 Å². The van der Waals surface area contributed by atoms with Gasteiger partial charge in [0.2, 0.25) is 0 Å². The minimum atomic E-state index is -0.360. The molecule has 0 aliphatic carbocycles. The van der Waals surface area contributed by atoms with Gasteiger partial charge in [0.25, 0.3) is 11.8 Å². The fourth-order valence-electron chi connectivity index (χ4n) is 2.08. The monoisotopic (exact) mass is 340 g/mol. The summed E-state index contributed by atoms with van der Waals surface area (Å²) in [6.45, 7) is 0. The Morgan fingerprint density at radius 1 is 0.833 bits per heavy atom. The molecule has 0 atom stereocenters. The number of halogens is 1. The molecular weight excluding hydrogens is 328 g/mol. The highest BCUT2D eigenvalue weighted by atomic mass is 35.5. The van der Waals surface area contributed by atoms with Crippen molar-refractivity contribution < 1.29 is 14.0 Å². The van der Waals surface area contributed by atoms with E-state index >= 15 is 0 Å². The molecule has 2 aromatic carbocycles. The van der Waals surface area contributed by atoms with Crippen molar-refractivity contribution >= 4 is 34.8 Å². The van der Waals surface area contributed by atoms with Gasteiger partial charge in [0, 0.05) is 22.0 Å². The van der Waals surface area contributed by atoms with E-state index in [9.17, 15) is 9.59 Å². The van der Waals surface area contributed by atoms with Gasteiger partial charge in [-0.1, -0.05) is 17.7 Å². The summed E-state index contributed by atoms with van der Waals surface area (Å²) < 4.78 is 5.04. The summed E-state index contributed by atoms with van der Waals surface area (Å²) in [6, 6.07) is 16.6. The number of furan rings is 1. The summed E-state index contributed by atoms with van der Waals surface area (Å²) in [5.74, 6) is -0.409. The van der Waals surface area contributed by atoms with Crippen molar-refractivity contribution in [2.24, 2.45) is 0 Å². The Morgan fingerprint density at radius 2 is 1.50 bits per heavy atom. The van der Waals surface area contributed by atoms with Crippen LogP contribution in [-0.4, -0.2) is 11.8 Å². The maximum atomic E-state index is 12.2. The third-order valence-electron chi connectivity index (χ3n) is 3.23. The van der Waals surface area contributed by atoms with Crippen LogP contribution < -0.4 is 10.6 Å². The molecule has 1 heterocycles. The van der Waals surface area contributed by atoms with Gasteiger partial charge in [0.05, 0.1) is 6.26 Å². The third-order valence-corrected chi connectivity index (χ3v) is 3.48. The number of anilines is 2. The smallest absolute Gasteiger partial charge is 0.291 e. The number of benzene rings is 2. The lowest BCUT2D eigenvalue weighted by atomic mass is 10.2. The minimum absolute atomic E-state index is 0.214. The Kier molecular flexibility index (Phi) is 4.63. The van der Waals surface area contributed by atoms with Crippen LogP contribution in [0.1, 0.15) is 20.9 Å². The molecule has 0 fully saturated rings. The number of carbonyl (C=O) groups excluding carboxylic acids is 2. The van der Waals surface area contributed by atoms with Crippen molar-refractivity contribution in [3.8, 4) is 0 Å². The second-order valence-corrected chi connectivity index (χ2v) is 5.41. The Balaban J connectivity index is 1.70. The zero-order chi connectivity index (χ0) is 16.9. The summed E-state index contributed by atoms with van der Waals surface area (Å²) in [7, 11) is 0. The van der Waals surface area contributed by atoms with E-state index in [2.05, 4.69) is 10.6 Å². The number of carbonyl (C=O) groups is 2. The van der Waals surface area contributed by atoms with Gasteiger partial charge in [0.1, 0.15) is 0 Å². The first kappa shape index (κ1) is 15.8. The normalized spacial score (nSPS) is 10.2. The highest BCUT2D eigenvalue weighted by molar-refractivity contribution is 6.30. The highest BCUT2D eigenvalue weighted by Gasteiger charge is 2.10. The van der Waals surface area contributed by atoms with Gasteiger partial charge in [-0.15, -0.1) is 0 Å². The van der Waals surface area contributed by atoms with Crippen molar-refractivity contribution in [1.82, 2.24) is 0 Å². The fraction of sp³-hybridized carbons (Fsp3) is 0. The lowest BCUT2D eigenvalue weighted by molar-refractivity contribution is 0.0995. The summed E-state index contributed by atoms with van der Waals surface area (Å²) in [6.07, 6.45) is 1.43. The summed E-state index contributed by atoms with van der Waals surface area (Å²) in [5, 5.41) is 6.04. The zero-order valence-corrected chi connectivity index (χ0v) is 13.2. The van der Waals surface area contributed by atoms with Gasteiger partial charge >= 0.3 is 0 Å². The Hall–Kier alpha value is -3.05. The van der Waals surface area contributed by atoms with Crippen molar-refractivity contribution in [3.63, 3.8) is 0 Å². The van der Waals surface area contributed by atoms with Gasteiger partial charge in [-0.2, -0.15) is 0 Å². The molecule has 6 heteroatoms. The molecule has 3 aromatic rings. The molecule has 120 valence electrons. The summed E-state index contributed by atoms with van der Waals surface area (Å²) in [4.78, 5) is 24.1. The molecule has 0 bridgehead atoms. The van der Waals surface area contributed by atoms with E-state index in [1.165, 1.54) is 6.26 Å². The van der Waals surface area contributed by atoms with E-state index in [0.29, 0.717) is 22.0 Å². The average Bonchev–Trinajstić information content (AvgIpc) is 3.10. The molecule has 2 amide bonds. The first-order chi connectivity index (χ1) is 11.6. The molecule has 24 heavy (non-hydrogen) atoms. The van der Waals surface area contributed by atoms with Crippen LogP contribution >= 0.6 is 11.6 Å². The van der Waals surface area contributed by atoms with Crippen LogP contribution in [0, 0.1) is 0 Å². The highest BCUT2D eigenvalue weighted by Crippen LogP contribution is 2.18. The van der Waals surface area contributed by atoms with Crippen LogP contribution in [0.25, 0.3) is 0 Å². The minimum Gasteiger partial charge on any atom is -0.459 e. The Morgan fingerprint density at radius 3 is 2.12 bits per heavy atom. The molecule has 0 aliphatic rings. The lowest BCUT2D eigenvalue weighted by Gasteiger charge is -2.08. The van der Waals surface area contributed by atoms with Crippen molar-refractivity contribution in [1.29, 1.82) is 0 Å². The fourth-order valence-corrected chi connectivity index (χ4v) is 2.21. The summed E-state index contributed by atoms with van der Waals surface area (Å²) >= 11 is 5.81. The van der Waals surface area contributed by atoms with Crippen molar-refractivity contribution in [2.75, 3.05) is 10.6 Å². The SMILES string of the molecule is O=C(Nc1cccc(NC(=O)c2ccco2)c1)c1ccc(Cl)cc1. The molecule has 2 N–H and O–H groups in total. The average molecular weight is 341 g/mol. The van der Waals surface area contributed by atoms with Gasteiger partial charge in [-0.3, -0.25) is 9.59 Å². The quantitative estimate of drug-likeness (QED) is 0.737. The molecule has 0 radical (unpaired) electrons. The Bertz CT molecular complexity index is 858. The first-order valence-corrected chi connectivity index (χ1v) is 7.51. The Labute approximate surface area is 143 Å². The van der Waals surface area contributed by atoms with E-state index in [1.54, 1.807) is 60.7 Å². The van der Waals surface area contributed by atoms with Crippen molar-refractivity contribution in [3.05, 3.63) is 83.3 Å². The van der Waals surface area contributed by atoms with Gasteiger partial charge in [-0.05, 0) is 54.6 Å². The molecule has 0 spiro atoms. The predicted octanol–water partition coefficient (Wildman–Crippen LogP) is 4.44. The molecule has 1 aromatic heterocycles. The molecular formula is C18H13ClN2O3. The number of hydrogen-bond donors (Lipinski definition) is 2. The van der Waals surface area contributed by atoms with Gasteiger partial charge in [-0.25, -0.2) is 0 Å². The third kappa shape index (κ3) is 3.83. The number of nitrogens with one attached hydrogen (secondary N) is 2. The maximum Gasteiger partial charge on any atom is 0.291 e.